The summed E-state index contributed by atoms with van der Waals surface area (Å²) in [5, 5.41) is 14.2. The quantitative estimate of drug-likeness (QED) is 0.599. The second-order valence-electron chi connectivity index (χ2n) is 8.41. The largest absolute Gasteiger partial charge is 0.497 e. The summed E-state index contributed by atoms with van der Waals surface area (Å²) < 4.78 is 22.2. The van der Waals surface area contributed by atoms with Crippen LogP contribution in [0.2, 0.25) is 0 Å². The van der Waals surface area contributed by atoms with Crippen LogP contribution < -0.4 is 24.3 Å². The van der Waals surface area contributed by atoms with Gasteiger partial charge in [0.25, 0.3) is 5.91 Å². The van der Waals surface area contributed by atoms with E-state index in [4.69, 9.17) is 18.9 Å². The van der Waals surface area contributed by atoms with E-state index in [-0.39, 0.29) is 5.91 Å². The normalized spacial score (nSPS) is 18.3. The lowest BCUT2D eigenvalue weighted by Gasteiger charge is -2.30. The molecule has 8 heteroatoms. The first-order chi connectivity index (χ1) is 16.0. The first kappa shape index (κ1) is 23.2. The van der Waals surface area contributed by atoms with E-state index in [0.717, 1.165) is 25.9 Å². The summed E-state index contributed by atoms with van der Waals surface area (Å²) in [6.45, 7) is 5.14. The van der Waals surface area contributed by atoms with Crippen molar-refractivity contribution in [2.45, 2.75) is 38.0 Å². The number of hydrogen-bond acceptors (Lipinski definition) is 7. The van der Waals surface area contributed by atoms with Crippen LogP contribution in [0, 0.1) is 0 Å². The Labute approximate surface area is 194 Å². The number of carbonyl (C=O) groups is 1. The van der Waals surface area contributed by atoms with Crippen LogP contribution in [-0.2, 0) is 4.79 Å². The molecule has 1 saturated heterocycles. The van der Waals surface area contributed by atoms with Gasteiger partial charge in [-0.25, -0.2) is 0 Å². The average molecular weight is 457 g/mol. The van der Waals surface area contributed by atoms with E-state index >= 15 is 0 Å². The Kier molecular flexibility index (Phi) is 7.57. The van der Waals surface area contributed by atoms with Gasteiger partial charge in [-0.05, 0) is 74.8 Å². The van der Waals surface area contributed by atoms with Gasteiger partial charge >= 0.3 is 0 Å². The van der Waals surface area contributed by atoms with E-state index in [1.165, 1.54) is 0 Å². The van der Waals surface area contributed by atoms with Crippen LogP contribution in [0.5, 0.6) is 23.0 Å². The zero-order chi connectivity index (χ0) is 23.2. The summed E-state index contributed by atoms with van der Waals surface area (Å²) in [6.07, 6.45) is 0.612. The highest BCUT2D eigenvalue weighted by Crippen LogP contribution is 2.33. The molecule has 178 valence electrons. The molecule has 0 aliphatic carbocycles. The summed E-state index contributed by atoms with van der Waals surface area (Å²) in [7, 11) is 1.60. The van der Waals surface area contributed by atoms with Gasteiger partial charge in [0.2, 0.25) is 0 Å². The molecule has 0 spiro atoms. The molecule has 8 nitrogen and oxygen atoms in total. The van der Waals surface area contributed by atoms with E-state index in [2.05, 4.69) is 10.2 Å². The van der Waals surface area contributed by atoms with Gasteiger partial charge in [-0.3, -0.25) is 4.79 Å². The van der Waals surface area contributed by atoms with Gasteiger partial charge < -0.3 is 34.3 Å². The number of amides is 1. The molecule has 0 radical (unpaired) electrons. The Morgan fingerprint density at radius 3 is 2.42 bits per heavy atom. The van der Waals surface area contributed by atoms with E-state index in [1.54, 1.807) is 50.4 Å². The number of aliphatic hydroxyl groups excluding tert-OH is 1. The lowest BCUT2D eigenvalue weighted by Crippen LogP contribution is -2.50. The van der Waals surface area contributed by atoms with Crippen LogP contribution in [0.1, 0.15) is 31.4 Å². The molecule has 2 N–H and O–H groups in total. The minimum Gasteiger partial charge on any atom is -0.497 e. The number of rotatable bonds is 9. The SMILES string of the molecule is COc1ccc(OC(C)C(=O)NC(CN2CCCC2)C(O)c2ccc3c(c2)OCCO3)cc1. The standard InChI is InChI=1S/C25H32N2O6/c1-17(33-20-8-6-19(30-2)7-9-20)25(29)26-21(16-27-11-3-4-12-27)24(28)18-5-10-22-23(15-18)32-14-13-31-22/h5-10,15,17,21,24,28H,3-4,11-14,16H2,1-2H3,(H,26,29). The fraction of sp³-hybridized carbons (Fsp3) is 0.480. The monoisotopic (exact) mass is 456 g/mol. The second kappa shape index (κ2) is 10.8. The Hall–Kier alpha value is -2.97. The van der Waals surface area contributed by atoms with E-state index in [9.17, 15) is 9.90 Å². The van der Waals surface area contributed by atoms with Crippen LogP contribution in [0.25, 0.3) is 0 Å². The van der Waals surface area contributed by atoms with E-state index < -0.39 is 18.2 Å². The number of aliphatic hydroxyl groups is 1. The molecule has 4 rings (SSSR count). The van der Waals surface area contributed by atoms with Crippen molar-refractivity contribution in [3.05, 3.63) is 48.0 Å². The third-order valence-corrected chi connectivity index (χ3v) is 6.01. The smallest absolute Gasteiger partial charge is 0.261 e. The molecule has 0 aromatic heterocycles. The predicted molar refractivity (Wildman–Crippen MR) is 123 cm³/mol. The first-order valence-corrected chi connectivity index (χ1v) is 11.4. The minimum absolute atomic E-state index is 0.286. The molecule has 0 saturated carbocycles. The third-order valence-electron chi connectivity index (χ3n) is 6.01. The van der Waals surface area contributed by atoms with Gasteiger partial charge in [-0.15, -0.1) is 0 Å². The number of hydrogen-bond donors (Lipinski definition) is 2. The molecule has 3 atom stereocenters. The lowest BCUT2D eigenvalue weighted by atomic mass is 10.0. The molecule has 1 fully saturated rings. The molecular weight excluding hydrogens is 424 g/mol. The summed E-state index contributed by atoms with van der Waals surface area (Å²) in [4.78, 5) is 15.3. The topological polar surface area (TPSA) is 89.5 Å². The zero-order valence-electron chi connectivity index (χ0n) is 19.2. The van der Waals surface area contributed by atoms with Crippen LogP contribution in [0.4, 0.5) is 0 Å². The van der Waals surface area contributed by atoms with Crippen molar-refractivity contribution in [3.8, 4) is 23.0 Å². The number of benzene rings is 2. The Bertz CT molecular complexity index is 929. The number of carbonyl (C=O) groups excluding carboxylic acids is 1. The highest BCUT2D eigenvalue weighted by molar-refractivity contribution is 5.81. The Morgan fingerprint density at radius 1 is 1.06 bits per heavy atom. The fourth-order valence-electron chi connectivity index (χ4n) is 4.16. The van der Waals surface area contributed by atoms with Crippen molar-refractivity contribution in [1.82, 2.24) is 10.2 Å². The molecular formula is C25H32N2O6. The minimum atomic E-state index is -0.904. The van der Waals surface area contributed by atoms with Crippen molar-refractivity contribution >= 4 is 5.91 Å². The van der Waals surface area contributed by atoms with Gasteiger partial charge in [-0.1, -0.05) is 6.07 Å². The van der Waals surface area contributed by atoms with Gasteiger partial charge in [0, 0.05) is 6.54 Å². The van der Waals surface area contributed by atoms with E-state index in [0.29, 0.717) is 48.3 Å². The van der Waals surface area contributed by atoms with Crippen molar-refractivity contribution in [3.63, 3.8) is 0 Å². The number of nitrogens with zero attached hydrogens (tertiary/aromatic N) is 1. The van der Waals surface area contributed by atoms with Crippen LogP contribution in [0.15, 0.2) is 42.5 Å². The molecule has 2 aliphatic heterocycles. The number of methoxy groups -OCH3 is 1. The van der Waals surface area contributed by atoms with Crippen LogP contribution in [-0.4, -0.2) is 68.0 Å². The fourth-order valence-corrected chi connectivity index (χ4v) is 4.16. The van der Waals surface area contributed by atoms with Crippen molar-refractivity contribution in [2.75, 3.05) is 40.0 Å². The summed E-state index contributed by atoms with van der Waals surface area (Å²) in [5.74, 6) is 2.28. The van der Waals surface area contributed by atoms with E-state index in [1.807, 2.05) is 6.07 Å². The molecule has 2 heterocycles. The molecule has 33 heavy (non-hydrogen) atoms. The Balaban J connectivity index is 1.45. The maximum atomic E-state index is 13.0. The van der Waals surface area contributed by atoms with Gasteiger partial charge in [0.15, 0.2) is 17.6 Å². The Morgan fingerprint density at radius 2 is 1.73 bits per heavy atom. The van der Waals surface area contributed by atoms with Crippen LogP contribution >= 0.6 is 0 Å². The van der Waals surface area contributed by atoms with Crippen LogP contribution in [0.3, 0.4) is 0 Å². The van der Waals surface area contributed by atoms with Gasteiger partial charge in [0.05, 0.1) is 13.2 Å². The number of likely N-dealkylation sites (tertiary alicyclic amines) is 1. The molecule has 2 aromatic rings. The molecule has 2 aliphatic rings. The molecule has 2 aromatic carbocycles. The zero-order valence-corrected chi connectivity index (χ0v) is 19.2. The molecule has 0 bridgehead atoms. The summed E-state index contributed by atoms with van der Waals surface area (Å²) >= 11 is 0. The van der Waals surface area contributed by atoms with Gasteiger partial charge in [0.1, 0.15) is 30.8 Å². The van der Waals surface area contributed by atoms with Crippen molar-refractivity contribution in [1.29, 1.82) is 0 Å². The highest BCUT2D eigenvalue weighted by Gasteiger charge is 2.29. The number of nitrogens with one attached hydrogen (secondary N) is 1. The number of fused-ring (bicyclic) bond motifs is 1. The lowest BCUT2D eigenvalue weighted by molar-refractivity contribution is -0.129. The average Bonchev–Trinajstić information content (AvgIpc) is 3.36. The summed E-state index contributed by atoms with van der Waals surface area (Å²) in [6, 6.07) is 12.0. The van der Waals surface area contributed by atoms with Crippen molar-refractivity contribution in [2.24, 2.45) is 0 Å². The number of ether oxygens (including phenoxy) is 4. The van der Waals surface area contributed by atoms with Crippen molar-refractivity contribution < 1.29 is 28.8 Å². The highest BCUT2D eigenvalue weighted by atomic mass is 16.6. The second-order valence-corrected chi connectivity index (χ2v) is 8.41. The molecule has 3 unspecified atom stereocenters. The maximum absolute atomic E-state index is 13.0. The first-order valence-electron chi connectivity index (χ1n) is 11.4. The molecule has 1 amide bonds. The third kappa shape index (κ3) is 5.89. The van der Waals surface area contributed by atoms with Gasteiger partial charge in [-0.2, -0.15) is 0 Å². The summed E-state index contributed by atoms with van der Waals surface area (Å²) in [5.41, 5.74) is 0.674. The maximum Gasteiger partial charge on any atom is 0.261 e. The predicted octanol–water partition coefficient (Wildman–Crippen LogP) is 2.55.